The summed E-state index contributed by atoms with van der Waals surface area (Å²) in [4.78, 5) is 10.9. The lowest BCUT2D eigenvalue weighted by Gasteiger charge is -2.03. The van der Waals surface area contributed by atoms with Crippen molar-refractivity contribution in [2.24, 2.45) is 0 Å². The smallest absolute Gasteiger partial charge is 0.156 e. The second-order valence-electron chi connectivity index (χ2n) is 1.36. The van der Waals surface area contributed by atoms with Crippen LogP contribution >= 0.6 is 23.5 Å². The number of allylic oxidation sites excluding steroid dienone is 1. The topological polar surface area (TPSA) is 17.1 Å². The van der Waals surface area contributed by atoms with Crippen LogP contribution in [0.3, 0.4) is 0 Å². The molecule has 1 heterocycles. The van der Waals surface area contributed by atoms with Crippen LogP contribution in [0.25, 0.3) is 0 Å². The Morgan fingerprint density at radius 3 is 2.88 bits per heavy atom. The van der Waals surface area contributed by atoms with Crippen molar-refractivity contribution in [2.45, 2.75) is 0 Å². The van der Waals surface area contributed by atoms with Crippen LogP contribution in [0.15, 0.2) is 10.3 Å². The van der Waals surface area contributed by atoms with E-state index < -0.39 is 0 Å². The summed E-state index contributed by atoms with van der Waals surface area (Å²) in [5.41, 5.74) is 0. The van der Waals surface area contributed by atoms with Gasteiger partial charge in [-0.2, -0.15) is 0 Å². The Bertz CT molecular complexity index is 120. The third-order valence-corrected chi connectivity index (χ3v) is 3.01. The highest BCUT2D eigenvalue weighted by molar-refractivity contribution is 8.09. The average Bonchev–Trinajstić information content (AvgIpc) is 1.90. The van der Waals surface area contributed by atoms with Gasteiger partial charge in [0.25, 0.3) is 0 Å². The fraction of sp³-hybridized carbons (Fsp3) is 0.400. The van der Waals surface area contributed by atoms with Gasteiger partial charge in [-0.25, -0.2) is 0 Å². The summed E-state index contributed by atoms with van der Waals surface area (Å²) < 4.78 is 0. The van der Waals surface area contributed by atoms with Gasteiger partial charge in [-0.05, 0) is 5.41 Å². The molecule has 0 radical (unpaired) electrons. The Hall–Kier alpha value is 0.110. The van der Waals surface area contributed by atoms with Crippen LogP contribution in [0.4, 0.5) is 0 Å². The van der Waals surface area contributed by atoms with Gasteiger partial charge in [0.05, 0.1) is 4.91 Å². The fourth-order valence-electron chi connectivity index (χ4n) is 0.445. The first kappa shape index (κ1) is 6.23. The second kappa shape index (κ2) is 3.20. The molecule has 0 atom stereocenters. The Kier molecular flexibility index (Phi) is 2.49. The van der Waals surface area contributed by atoms with Crippen molar-refractivity contribution in [3.05, 3.63) is 10.3 Å². The maximum Gasteiger partial charge on any atom is 0.156 e. The summed E-state index contributed by atoms with van der Waals surface area (Å²) in [5, 5.41) is 1.92. The molecule has 8 heavy (non-hydrogen) atoms. The van der Waals surface area contributed by atoms with Gasteiger partial charge in [0.15, 0.2) is 6.29 Å². The highest BCUT2D eigenvalue weighted by Crippen LogP contribution is 2.24. The molecule has 0 amide bonds. The van der Waals surface area contributed by atoms with Gasteiger partial charge >= 0.3 is 0 Å². The molecule has 0 bridgehead atoms. The normalized spacial score (nSPS) is 19.8. The predicted molar refractivity (Wildman–Crippen MR) is 39.1 cm³/mol. The van der Waals surface area contributed by atoms with E-state index in [1.54, 1.807) is 23.5 Å². The zero-order chi connectivity index (χ0) is 5.82. The molecule has 0 aliphatic carbocycles. The SMILES string of the molecule is O=CC1=CSCCS1. The summed E-state index contributed by atoms with van der Waals surface area (Å²) in [6, 6.07) is 0. The van der Waals surface area contributed by atoms with Crippen LogP contribution in [-0.4, -0.2) is 17.8 Å². The number of rotatable bonds is 1. The minimum absolute atomic E-state index is 0.876. The highest BCUT2D eigenvalue weighted by Gasteiger charge is 2.00. The van der Waals surface area contributed by atoms with Crippen molar-refractivity contribution in [1.82, 2.24) is 0 Å². The molecule has 0 aromatic rings. The van der Waals surface area contributed by atoms with Crippen LogP contribution in [0.1, 0.15) is 0 Å². The largest absolute Gasteiger partial charge is 0.297 e. The molecule has 0 spiro atoms. The van der Waals surface area contributed by atoms with Crippen molar-refractivity contribution in [3.63, 3.8) is 0 Å². The Morgan fingerprint density at radius 2 is 2.50 bits per heavy atom. The van der Waals surface area contributed by atoms with Crippen molar-refractivity contribution in [3.8, 4) is 0 Å². The van der Waals surface area contributed by atoms with Crippen molar-refractivity contribution in [1.29, 1.82) is 0 Å². The first-order valence-corrected chi connectivity index (χ1v) is 4.36. The van der Waals surface area contributed by atoms with Crippen LogP contribution in [0, 0.1) is 0 Å². The molecule has 1 nitrogen and oxygen atoms in total. The fourth-order valence-corrected chi connectivity index (χ4v) is 2.28. The molecule has 0 N–H and O–H groups in total. The monoisotopic (exact) mass is 146 g/mol. The molecule has 1 aliphatic heterocycles. The van der Waals surface area contributed by atoms with Crippen molar-refractivity contribution < 1.29 is 4.79 Å². The van der Waals surface area contributed by atoms with Gasteiger partial charge in [-0.15, -0.1) is 23.5 Å². The van der Waals surface area contributed by atoms with E-state index in [1.165, 1.54) is 0 Å². The standard InChI is InChI=1S/C5H6OS2/c6-3-5-4-7-1-2-8-5/h3-4H,1-2H2. The molecular weight excluding hydrogens is 140 g/mol. The number of aldehydes is 1. The summed E-state index contributed by atoms with van der Waals surface area (Å²) in [7, 11) is 0. The molecule has 0 fully saturated rings. The molecular formula is C5H6OS2. The minimum Gasteiger partial charge on any atom is -0.297 e. The number of hydrogen-bond donors (Lipinski definition) is 0. The van der Waals surface area contributed by atoms with Gasteiger partial charge in [-0.3, -0.25) is 4.79 Å². The Morgan fingerprint density at radius 1 is 1.62 bits per heavy atom. The summed E-state index contributed by atoms with van der Waals surface area (Å²) in [5.74, 6) is 2.22. The van der Waals surface area contributed by atoms with E-state index >= 15 is 0 Å². The molecule has 44 valence electrons. The summed E-state index contributed by atoms with van der Waals surface area (Å²) in [6.45, 7) is 0. The predicted octanol–water partition coefficient (Wildman–Crippen LogP) is 1.51. The van der Waals surface area contributed by atoms with Crippen molar-refractivity contribution >= 4 is 29.8 Å². The second-order valence-corrected chi connectivity index (χ2v) is 3.50. The Labute approximate surface area is 56.9 Å². The van der Waals surface area contributed by atoms with Gasteiger partial charge in [-0.1, -0.05) is 0 Å². The van der Waals surface area contributed by atoms with E-state index in [4.69, 9.17) is 0 Å². The lowest BCUT2D eigenvalue weighted by molar-refractivity contribution is -0.104. The minimum atomic E-state index is 0.876. The molecule has 1 rings (SSSR count). The molecule has 0 aromatic heterocycles. The van der Waals surface area contributed by atoms with Crippen LogP contribution in [0.5, 0.6) is 0 Å². The third-order valence-electron chi connectivity index (χ3n) is 0.786. The summed E-state index contributed by atoms with van der Waals surface area (Å²) >= 11 is 3.35. The quantitative estimate of drug-likeness (QED) is 0.522. The van der Waals surface area contributed by atoms with Crippen molar-refractivity contribution in [2.75, 3.05) is 11.5 Å². The Balaban J connectivity index is 2.49. The number of thioether (sulfide) groups is 2. The molecule has 0 saturated carbocycles. The first-order valence-electron chi connectivity index (χ1n) is 2.33. The molecule has 0 saturated heterocycles. The van der Waals surface area contributed by atoms with E-state index in [1.807, 2.05) is 5.41 Å². The number of carbonyl (C=O) groups excluding carboxylic acids is 1. The van der Waals surface area contributed by atoms with E-state index in [0.717, 1.165) is 22.7 Å². The van der Waals surface area contributed by atoms with Gasteiger partial charge in [0, 0.05) is 11.5 Å². The maximum atomic E-state index is 10.1. The maximum absolute atomic E-state index is 10.1. The zero-order valence-electron chi connectivity index (χ0n) is 4.29. The van der Waals surface area contributed by atoms with Gasteiger partial charge in [0.2, 0.25) is 0 Å². The first-order chi connectivity index (χ1) is 3.93. The van der Waals surface area contributed by atoms with Crippen LogP contribution in [-0.2, 0) is 4.79 Å². The van der Waals surface area contributed by atoms with E-state index in [0.29, 0.717) is 0 Å². The zero-order valence-corrected chi connectivity index (χ0v) is 5.93. The highest BCUT2D eigenvalue weighted by atomic mass is 32.2. The van der Waals surface area contributed by atoms with E-state index in [-0.39, 0.29) is 0 Å². The van der Waals surface area contributed by atoms with Crippen LogP contribution in [0.2, 0.25) is 0 Å². The third kappa shape index (κ3) is 1.56. The average molecular weight is 146 g/mol. The van der Waals surface area contributed by atoms with E-state index in [2.05, 4.69) is 0 Å². The molecule has 3 heteroatoms. The van der Waals surface area contributed by atoms with Gasteiger partial charge in [0.1, 0.15) is 0 Å². The van der Waals surface area contributed by atoms with Gasteiger partial charge < -0.3 is 0 Å². The van der Waals surface area contributed by atoms with Crippen LogP contribution < -0.4 is 0 Å². The molecule has 0 unspecified atom stereocenters. The lowest BCUT2D eigenvalue weighted by Crippen LogP contribution is -1.90. The molecule has 0 aromatic carbocycles. The van der Waals surface area contributed by atoms with E-state index in [9.17, 15) is 4.79 Å². The number of carbonyl (C=O) groups is 1. The number of hydrogen-bond acceptors (Lipinski definition) is 3. The summed E-state index contributed by atoms with van der Waals surface area (Å²) in [6.07, 6.45) is 0.914. The lowest BCUT2D eigenvalue weighted by atomic mass is 10.7. The molecule has 1 aliphatic rings.